The summed E-state index contributed by atoms with van der Waals surface area (Å²) in [6.07, 6.45) is 0. The van der Waals surface area contributed by atoms with Gasteiger partial charge in [0.05, 0.1) is 12.2 Å². The van der Waals surface area contributed by atoms with Gasteiger partial charge in [-0.15, -0.1) is 0 Å². The molecule has 1 heterocycles. The van der Waals surface area contributed by atoms with Gasteiger partial charge in [0.15, 0.2) is 0 Å². The lowest BCUT2D eigenvalue weighted by Crippen LogP contribution is -2.49. The molecule has 0 unspecified atom stereocenters. The van der Waals surface area contributed by atoms with E-state index in [2.05, 4.69) is 4.90 Å². The van der Waals surface area contributed by atoms with Crippen LogP contribution in [-0.4, -0.2) is 43.5 Å². The molecule has 92 valence electrons. The van der Waals surface area contributed by atoms with E-state index in [-0.39, 0.29) is 11.7 Å². The van der Waals surface area contributed by atoms with E-state index in [1.807, 2.05) is 11.0 Å². The van der Waals surface area contributed by atoms with Gasteiger partial charge in [-0.3, -0.25) is 10.3 Å². The zero-order chi connectivity index (χ0) is 12.3. The molecule has 0 spiro atoms. The summed E-state index contributed by atoms with van der Waals surface area (Å²) in [7, 11) is 0. The summed E-state index contributed by atoms with van der Waals surface area (Å²) in [5.41, 5.74) is 6.02. The van der Waals surface area contributed by atoms with Crippen molar-refractivity contribution in [3.8, 4) is 0 Å². The molecule has 0 atom stereocenters. The van der Waals surface area contributed by atoms with E-state index in [0.29, 0.717) is 12.2 Å². The van der Waals surface area contributed by atoms with Crippen LogP contribution < -0.4 is 10.6 Å². The molecule has 1 saturated heterocycles. The van der Waals surface area contributed by atoms with Gasteiger partial charge < -0.3 is 10.6 Å². The Morgan fingerprint density at radius 3 is 2.47 bits per heavy atom. The molecule has 1 aliphatic rings. The van der Waals surface area contributed by atoms with Gasteiger partial charge in [0.2, 0.25) is 0 Å². The molecule has 0 radical (unpaired) electrons. The fraction of sp³-hybridized carbons (Fsp3) is 0.417. The first-order valence-corrected chi connectivity index (χ1v) is 5.71. The molecule has 0 amide bonds. The van der Waals surface area contributed by atoms with E-state index in [4.69, 9.17) is 11.1 Å². The van der Waals surface area contributed by atoms with Crippen LogP contribution in [0.2, 0.25) is 0 Å². The highest BCUT2D eigenvalue weighted by molar-refractivity contribution is 5.78. The smallest absolute Gasteiger partial charge is 0.146 e. The summed E-state index contributed by atoms with van der Waals surface area (Å²) in [4.78, 5) is 4.14. The zero-order valence-electron chi connectivity index (χ0n) is 9.69. The van der Waals surface area contributed by atoms with Crippen LogP contribution in [0.15, 0.2) is 24.3 Å². The molecule has 17 heavy (non-hydrogen) atoms. The minimum Gasteiger partial charge on any atom is -0.387 e. The molecule has 0 aliphatic carbocycles. The second-order valence-corrected chi connectivity index (χ2v) is 4.24. The number of nitrogens with one attached hydrogen (secondary N) is 1. The maximum atomic E-state index is 13.6. The van der Waals surface area contributed by atoms with Gasteiger partial charge in [0.25, 0.3) is 0 Å². The molecular weight excluding hydrogens is 219 g/mol. The molecule has 4 nitrogen and oxygen atoms in total. The van der Waals surface area contributed by atoms with Crippen molar-refractivity contribution in [1.82, 2.24) is 4.90 Å². The van der Waals surface area contributed by atoms with Gasteiger partial charge in [-0.2, -0.15) is 0 Å². The Balaban J connectivity index is 1.95. The molecule has 1 aliphatic heterocycles. The third-order valence-electron chi connectivity index (χ3n) is 2.96. The number of nitrogens with zero attached hydrogens (tertiary/aromatic N) is 2. The molecule has 0 bridgehead atoms. The van der Waals surface area contributed by atoms with Crippen LogP contribution in [0, 0.1) is 11.2 Å². The molecule has 1 fully saturated rings. The van der Waals surface area contributed by atoms with E-state index in [9.17, 15) is 4.39 Å². The van der Waals surface area contributed by atoms with Crippen molar-refractivity contribution in [3.63, 3.8) is 0 Å². The van der Waals surface area contributed by atoms with Crippen molar-refractivity contribution >= 4 is 11.5 Å². The summed E-state index contributed by atoms with van der Waals surface area (Å²) in [5.74, 6) is 0.0110. The predicted octanol–water partition coefficient (Wildman–Crippen LogP) is 0.884. The number of benzene rings is 1. The van der Waals surface area contributed by atoms with E-state index in [0.717, 1.165) is 26.2 Å². The average molecular weight is 236 g/mol. The van der Waals surface area contributed by atoms with E-state index < -0.39 is 0 Å². The number of amidine groups is 1. The van der Waals surface area contributed by atoms with Crippen molar-refractivity contribution in [2.45, 2.75) is 0 Å². The number of rotatable bonds is 3. The topological polar surface area (TPSA) is 56.4 Å². The maximum absolute atomic E-state index is 13.6. The molecule has 3 N–H and O–H groups in total. The van der Waals surface area contributed by atoms with Gasteiger partial charge in [-0.25, -0.2) is 4.39 Å². The Labute approximate surface area is 100 Å². The Kier molecular flexibility index (Phi) is 3.58. The molecule has 0 saturated carbocycles. The van der Waals surface area contributed by atoms with E-state index in [1.54, 1.807) is 12.1 Å². The number of halogens is 1. The molecule has 5 heteroatoms. The standard InChI is InChI=1S/C12H17FN4/c13-10-3-1-2-4-11(10)17-7-5-16(6-8-17)9-12(14)15/h1-4H,5-9H2,(H3,14,15). The van der Waals surface area contributed by atoms with Crippen LogP contribution in [0.3, 0.4) is 0 Å². The van der Waals surface area contributed by atoms with Crippen molar-refractivity contribution in [1.29, 1.82) is 5.41 Å². The van der Waals surface area contributed by atoms with Gasteiger partial charge in [0.1, 0.15) is 11.7 Å². The van der Waals surface area contributed by atoms with Crippen molar-refractivity contribution in [3.05, 3.63) is 30.1 Å². The lowest BCUT2D eigenvalue weighted by Gasteiger charge is -2.35. The van der Waals surface area contributed by atoms with Crippen molar-refractivity contribution in [2.24, 2.45) is 5.73 Å². The Bertz CT molecular complexity index is 399. The van der Waals surface area contributed by atoms with Gasteiger partial charge in [0, 0.05) is 26.2 Å². The van der Waals surface area contributed by atoms with Crippen molar-refractivity contribution < 1.29 is 4.39 Å². The van der Waals surface area contributed by atoms with Crippen LogP contribution in [-0.2, 0) is 0 Å². The number of anilines is 1. The van der Waals surface area contributed by atoms with Crippen LogP contribution in [0.4, 0.5) is 10.1 Å². The monoisotopic (exact) mass is 236 g/mol. The minimum absolute atomic E-state index is 0.174. The lowest BCUT2D eigenvalue weighted by molar-refractivity contribution is 0.290. The fourth-order valence-electron chi connectivity index (χ4n) is 2.10. The Hall–Kier alpha value is -1.62. The highest BCUT2D eigenvalue weighted by atomic mass is 19.1. The Morgan fingerprint density at radius 2 is 1.88 bits per heavy atom. The molecule has 2 rings (SSSR count). The van der Waals surface area contributed by atoms with E-state index >= 15 is 0 Å². The van der Waals surface area contributed by atoms with Crippen LogP contribution in [0.5, 0.6) is 0 Å². The predicted molar refractivity (Wildman–Crippen MR) is 67.0 cm³/mol. The van der Waals surface area contributed by atoms with Gasteiger partial charge in [-0.05, 0) is 12.1 Å². The summed E-state index contributed by atoms with van der Waals surface area (Å²) >= 11 is 0. The minimum atomic E-state index is -0.174. The SMILES string of the molecule is N=C(N)CN1CCN(c2ccccc2F)CC1. The largest absolute Gasteiger partial charge is 0.387 e. The maximum Gasteiger partial charge on any atom is 0.146 e. The third-order valence-corrected chi connectivity index (χ3v) is 2.96. The van der Waals surface area contributed by atoms with Crippen LogP contribution >= 0.6 is 0 Å². The first-order chi connectivity index (χ1) is 8.16. The average Bonchev–Trinajstić information content (AvgIpc) is 2.30. The molecule has 1 aromatic carbocycles. The first kappa shape index (κ1) is 11.9. The lowest BCUT2D eigenvalue weighted by atomic mass is 10.2. The highest BCUT2D eigenvalue weighted by Gasteiger charge is 2.19. The second-order valence-electron chi connectivity index (χ2n) is 4.24. The summed E-state index contributed by atoms with van der Waals surface area (Å²) in [5, 5.41) is 7.24. The number of nitrogens with two attached hydrogens (primary N) is 1. The van der Waals surface area contributed by atoms with Crippen LogP contribution in [0.25, 0.3) is 0 Å². The number of piperazine rings is 1. The van der Waals surface area contributed by atoms with Crippen LogP contribution in [0.1, 0.15) is 0 Å². The molecular formula is C12H17FN4. The number of hydrogen-bond acceptors (Lipinski definition) is 3. The summed E-state index contributed by atoms with van der Waals surface area (Å²) < 4.78 is 13.6. The van der Waals surface area contributed by atoms with Crippen molar-refractivity contribution in [2.75, 3.05) is 37.6 Å². The second kappa shape index (κ2) is 5.14. The molecule has 0 aromatic heterocycles. The highest BCUT2D eigenvalue weighted by Crippen LogP contribution is 2.19. The molecule has 1 aromatic rings. The zero-order valence-corrected chi connectivity index (χ0v) is 9.69. The van der Waals surface area contributed by atoms with Gasteiger partial charge in [-0.1, -0.05) is 12.1 Å². The summed E-state index contributed by atoms with van der Waals surface area (Å²) in [6.45, 7) is 3.68. The van der Waals surface area contributed by atoms with Gasteiger partial charge >= 0.3 is 0 Å². The first-order valence-electron chi connectivity index (χ1n) is 5.71. The fourth-order valence-corrected chi connectivity index (χ4v) is 2.10. The number of hydrogen-bond donors (Lipinski definition) is 2. The van der Waals surface area contributed by atoms with E-state index in [1.165, 1.54) is 6.07 Å². The normalized spacial score (nSPS) is 17.1. The Morgan fingerprint density at radius 1 is 1.24 bits per heavy atom. The quantitative estimate of drug-likeness (QED) is 0.605. The third kappa shape index (κ3) is 2.94. The summed E-state index contributed by atoms with van der Waals surface area (Å²) in [6, 6.07) is 6.83. The number of para-hydroxylation sites is 1.